The highest BCUT2D eigenvalue weighted by atomic mass is 32.2. The fraction of sp³-hybridized carbons (Fsp3) is 0.600. The second-order valence-electron chi connectivity index (χ2n) is 1.76. The van der Waals surface area contributed by atoms with E-state index in [-0.39, 0.29) is 0 Å². The molecule has 0 nitrogen and oxygen atoms in total. The second kappa shape index (κ2) is 2.14. The smallest absolute Gasteiger partial charge is 0.0550 e. The van der Waals surface area contributed by atoms with Crippen molar-refractivity contribution in [2.75, 3.05) is 0 Å². The standard InChI is InChI=1S/C5H8S2/c1-4-2-5(6)7-3-4/h3,5-6H,2H2,1H3. The molecule has 0 aliphatic carbocycles. The van der Waals surface area contributed by atoms with E-state index in [2.05, 4.69) is 25.0 Å². The van der Waals surface area contributed by atoms with Gasteiger partial charge < -0.3 is 0 Å². The van der Waals surface area contributed by atoms with Crippen molar-refractivity contribution < 1.29 is 0 Å². The lowest BCUT2D eigenvalue weighted by molar-refractivity contribution is 1.11. The topological polar surface area (TPSA) is 0 Å². The molecule has 7 heavy (non-hydrogen) atoms. The van der Waals surface area contributed by atoms with Gasteiger partial charge in [0.1, 0.15) is 0 Å². The molecule has 0 fully saturated rings. The van der Waals surface area contributed by atoms with Gasteiger partial charge in [0.05, 0.1) is 4.58 Å². The van der Waals surface area contributed by atoms with Gasteiger partial charge in [-0.2, -0.15) is 12.6 Å². The van der Waals surface area contributed by atoms with Crippen LogP contribution in [0.3, 0.4) is 0 Å². The van der Waals surface area contributed by atoms with Gasteiger partial charge in [-0.25, -0.2) is 0 Å². The Hall–Kier alpha value is 0.440. The average molecular weight is 132 g/mol. The van der Waals surface area contributed by atoms with E-state index >= 15 is 0 Å². The summed E-state index contributed by atoms with van der Waals surface area (Å²) in [7, 11) is 0. The van der Waals surface area contributed by atoms with E-state index in [9.17, 15) is 0 Å². The van der Waals surface area contributed by atoms with Crippen molar-refractivity contribution in [3.63, 3.8) is 0 Å². The number of thioether (sulfide) groups is 1. The summed E-state index contributed by atoms with van der Waals surface area (Å²) in [4.78, 5) is 0. The molecule has 0 aromatic heterocycles. The molecule has 0 spiro atoms. The Labute approximate surface area is 53.8 Å². The van der Waals surface area contributed by atoms with Crippen molar-refractivity contribution in [2.45, 2.75) is 17.9 Å². The van der Waals surface area contributed by atoms with Crippen molar-refractivity contribution in [3.8, 4) is 0 Å². The van der Waals surface area contributed by atoms with Crippen LogP contribution in [0.2, 0.25) is 0 Å². The van der Waals surface area contributed by atoms with Crippen LogP contribution in [0.4, 0.5) is 0 Å². The molecule has 40 valence electrons. The average Bonchev–Trinajstić information content (AvgIpc) is 1.87. The molecule has 1 aliphatic rings. The first-order chi connectivity index (χ1) is 3.29. The molecule has 0 radical (unpaired) electrons. The predicted molar refractivity (Wildman–Crippen MR) is 38.7 cm³/mol. The highest BCUT2D eigenvalue weighted by Crippen LogP contribution is 2.31. The number of allylic oxidation sites excluding steroid dienone is 1. The maximum absolute atomic E-state index is 4.26. The molecule has 0 aromatic carbocycles. The van der Waals surface area contributed by atoms with Crippen molar-refractivity contribution in [2.24, 2.45) is 0 Å². The van der Waals surface area contributed by atoms with Crippen LogP contribution in [-0.4, -0.2) is 4.58 Å². The summed E-state index contributed by atoms with van der Waals surface area (Å²) in [5, 5.41) is 2.18. The lowest BCUT2D eigenvalue weighted by Gasteiger charge is -1.93. The minimum absolute atomic E-state index is 0.542. The Kier molecular flexibility index (Phi) is 1.70. The van der Waals surface area contributed by atoms with E-state index in [0.717, 1.165) is 6.42 Å². The van der Waals surface area contributed by atoms with Crippen LogP contribution in [0.5, 0.6) is 0 Å². The molecule has 1 atom stereocenters. The van der Waals surface area contributed by atoms with Gasteiger partial charge >= 0.3 is 0 Å². The highest BCUT2D eigenvalue weighted by molar-refractivity contribution is 8.12. The summed E-state index contributed by atoms with van der Waals surface area (Å²) >= 11 is 6.07. The number of hydrogen-bond donors (Lipinski definition) is 1. The fourth-order valence-electron chi connectivity index (χ4n) is 0.566. The van der Waals surface area contributed by atoms with Crippen LogP contribution >= 0.6 is 24.4 Å². The lowest BCUT2D eigenvalue weighted by atomic mass is 10.3. The molecule has 0 saturated heterocycles. The van der Waals surface area contributed by atoms with Gasteiger partial charge in [-0.1, -0.05) is 5.57 Å². The number of hydrogen-bond acceptors (Lipinski definition) is 2. The van der Waals surface area contributed by atoms with E-state index in [1.807, 2.05) is 11.8 Å². The summed E-state index contributed by atoms with van der Waals surface area (Å²) < 4.78 is 0.542. The molecular formula is C5H8S2. The molecule has 0 bridgehead atoms. The predicted octanol–water partition coefficient (Wildman–Crippen LogP) is 2.28. The van der Waals surface area contributed by atoms with E-state index in [4.69, 9.17) is 0 Å². The zero-order chi connectivity index (χ0) is 5.28. The van der Waals surface area contributed by atoms with Gasteiger partial charge in [0, 0.05) is 0 Å². The molecule has 0 saturated carbocycles. The third-order valence-corrected chi connectivity index (χ3v) is 2.49. The maximum Gasteiger partial charge on any atom is 0.0550 e. The van der Waals surface area contributed by atoms with E-state index in [1.54, 1.807) is 0 Å². The van der Waals surface area contributed by atoms with Crippen molar-refractivity contribution in [1.82, 2.24) is 0 Å². The number of rotatable bonds is 0. The van der Waals surface area contributed by atoms with Gasteiger partial charge in [-0.15, -0.1) is 11.8 Å². The van der Waals surface area contributed by atoms with Crippen molar-refractivity contribution >= 4 is 24.4 Å². The van der Waals surface area contributed by atoms with Crippen LogP contribution in [0.1, 0.15) is 13.3 Å². The van der Waals surface area contributed by atoms with Gasteiger partial charge in [0.25, 0.3) is 0 Å². The molecule has 1 rings (SSSR count). The summed E-state index contributed by atoms with van der Waals surface area (Å²) in [6, 6.07) is 0. The summed E-state index contributed by atoms with van der Waals surface area (Å²) in [5.41, 5.74) is 1.46. The van der Waals surface area contributed by atoms with E-state index in [0.29, 0.717) is 4.58 Å². The van der Waals surface area contributed by atoms with Crippen LogP contribution in [0, 0.1) is 0 Å². The summed E-state index contributed by atoms with van der Waals surface area (Å²) in [6.45, 7) is 2.14. The molecular weight excluding hydrogens is 124 g/mol. The van der Waals surface area contributed by atoms with Crippen LogP contribution in [-0.2, 0) is 0 Å². The molecule has 0 amide bonds. The fourth-order valence-corrected chi connectivity index (χ4v) is 1.88. The second-order valence-corrected chi connectivity index (χ2v) is 3.81. The first kappa shape index (κ1) is 5.57. The van der Waals surface area contributed by atoms with Crippen LogP contribution in [0.25, 0.3) is 0 Å². The third kappa shape index (κ3) is 1.42. The molecule has 0 N–H and O–H groups in total. The summed E-state index contributed by atoms with van der Waals surface area (Å²) in [6.07, 6.45) is 1.16. The minimum Gasteiger partial charge on any atom is -0.164 e. The zero-order valence-corrected chi connectivity index (χ0v) is 5.93. The van der Waals surface area contributed by atoms with Gasteiger partial charge in [-0.05, 0) is 18.8 Å². The molecule has 2 heteroatoms. The Balaban J connectivity index is 2.42. The SMILES string of the molecule is CC1=CSC(S)C1. The van der Waals surface area contributed by atoms with Crippen LogP contribution < -0.4 is 0 Å². The Morgan fingerprint density at radius 2 is 2.71 bits per heavy atom. The Morgan fingerprint density at radius 1 is 2.00 bits per heavy atom. The first-order valence-electron chi connectivity index (χ1n) is 2.28. The third-order valence-electron chi connectivity index (χ3n) is 0.923. The van der Waals surface area contributed by atoms with Crippen molar-refractivity contribution in [1.29, 1.82) is 0 Å². The van der Waals surface area contributed by atoms with Gasteiger partial charge in [0.15, 0.2) is 0 Å². The molecule has 1 aliphatic heterocycles. The van der Waals surface area contributed by atoms with Gasteiger partial charge in [-0.3, -0.25) is 0 Å². The monoisotopic (exact) mass is 132 g/mol. The largest absolute Gasteiger partial charge is 0.164 e. The normalized spacial score (nSPS) is 30.6. The van der Waals surface area contributed by atoms with Crippen molar-refractivity contribution in [3.05, 3.63) is 11.0 Å². The maximum atomic E-state index is 4.26. The first-order valence-corrected chi connectivity index (χ1v) is 3.74. The van der Waals surface area contributed by atoms with Gasteiger partial charge in [0.2, 0.25) is 0 Å². The number of thiol groups is 1. The Morgan fingerprint density at radius 3 is 2.86 bits per heavy atom. The quantitative estimate of drug-likeness (QED) is 0.493. The summed E-state index contributed by atoms with van der Waals surface area (Å²) in [5.74, 6) is 0. The molecule has 0 aromatic rings. The highest BCUT2D eigenvalue weighted by Gasteiger charge is 2.08. The van der Waals surface area contributed by atoms with E-state index < -0.39 is 0 Å². The molecule has 1 unspecified atom stereocenters. The minimum atomic E-state index is 0.542. The zero-order valence-electron chi connectivity index (χ0n) is 4.22. The molecule has 1 heterocycles. The lowest BCUT2D eigenvalue weighted by Crippen LogP contribution is -1.81. The van der Waals surface area contributed by atoms with Crippen LogP contribution in [0.15, 0.2) is 11.0 Å². The Bertz CT molecular complexity index is 96.3. The van der Waals surface area contributed by atoms with E-state index in [1.165, 1.54) is 5.57 Å².